The second-order valence-corrected chi connectivity index (χ2v) is 7.57. The summed E-state index contributed by atoms with van der Waals surface area (Å²) < 4.78 is 13.0. The molecule has 0 spiro atoms. The average Bonchev–Trinajstić information content (AvgIpc) is 2.68. The molecule has 0 bridgehead atoms. The number of benzene rings is 2. The Hall–Kier alpha value is -2.53. The molecular formula is C22H22FNO2S. The van der Waals surface area contributed by atoms with Crippen molar-refractivity contribution in [2.45, 2.75) is 24.8 Å². The quantitative estimate of drug-likeness (QED) is 0.661. The lowest BCUT2D eigenvalue weighted by atomic mass is 10.1. The number of carboxylic acid groups (broad SMARTS) is 1. The Balaban J connectivity index is 1.60. The zero-order valence-electron chi connectivity index (χ0n) is 14.9. The fourth-order valence-electron chi connectivity index (χ4n) is 3.01. The number of aryl methyl sites for hydroxylation is 1. The maximum absolute atomic E-state index is 13.0. The first-order valence-corrected chi connectivity index (χ1v) is 9.96. The van der Waals surface area contributed by atoms with E-state index in [1.165, 1.54) is 12.1 Å². The standard InChI is InChI=1S/C22H22FNO2S/c23-19-12-10-17(11-13-19)8-5-15-27-21-20(22(25)26)9-4-14-24(21)16-18-6-2-1-3-7-18/h1-4,6-7,9-14,21H,5,8,15-16H2,(H,25,26). The van der Waals surface area contributed by atoms with Gasteiger partial charge in [-0.15, -0.1) is 11.8 Å². The highest BCUT2D eigenvalue weighted by Crippen LogP contribution is 2.29. The minimum absolute atomic E-state index is 0.221. The summed E-state index contributed by atoms with van der Waals surface area (Å²) in [6.07, 6.45) is 7.18. The van der Waals surface area contributed by atoms with E-state index in [2.05, 4.69) is 4.90 Å². The highest BCUT2D eigenvalue weighted by atomic mass is 32.2. The van der Waals surface area contributed by atoms with Crippen molar-refractivity contribution in [3.05, 3.63) is 95.5 Å². The number of thioether (sulfide) groups is 1. The van der Waals surface area contributed by atoms with Gasteiger partial charge in [0.2, 0.25) is 0 Å². The van der Waals surface area contributed by atoms with Gasteiger partial charge in [-0.2, -0.15) is 0 Å². The van der Waals surface area contributed by atoms with E-state index < -0.39 is 5.97 Å². The Morgan fingerprint density at radius 1 is 1.07 bits per heavy atom. The average molecular weight is 383 g/mol. The molecule has 27 heavy (non-hydrogen) atoms. The third-order valence-electron chi connectivity index (χ3n) is 4.37. The number of rotatable bonds is 8. The third-order valence-corrected chi connectivity index (χ3v) is 5.74. The molecule has 0 radical (unpaired) electrons. The zero-order chi connectivity index (χ0) is 19.1. The van der Waals surface area contributed by atoms with Gasteiger partial charge in [-0.3, -0.25) is 0 Å². The highest BCUT2D eigenvalue weighted by Gasteiger charge is 2.27. The van der Waals surface area contributed by atoms with E-state index in [9.17, 15) is 14.3 Å². The smallest absolute Gasteiger partial charge is 0.334 e. The zero-order valence-corrected chi connectivity index (χ0v) is 15.7. The number of allylic oxidation sites excluding steroid dienone is 2. The van der Waals surface area contributed by atoms with E-state index in [-0.39, 0.29) is 11.2 Å². The third kappa shape index (κ3) is 5.47. The van der Waals surface area contributed by atoms with Crippen LogP contribution in [0.15, 0.2) is 78.5 Å². The molecule has 3 rings (SSSR count). The number of halogens is 1. The normalized spacial score (nSPS) is 16.3. The maximum atomic E-state index is 13.0. The van der Waals surface area contributed by atoms with Crippen LogP contribution < -0.4 is 0 Å². The lowest BCUT2D eigenvalue weighted by Crippen LogP contribution is -2.34. The highest BCUT2D eigenvalue weighted by molar-refractivity contribution is 8.00. The van der Waals surface area contributed by atoms with Crippen LogP contribution in [0, 0.1) is 5.82 Å². The first-order chi connectivity index (χ1) is 13.1. The number of carboxylic acids is 1. The Morgan fingerprint density at radius 3 is 2.52 bits per heavy atom. The molecule has 0 amide bonds. The molecule has 1 aliphatic rings. The Morgan fingerprint density at radius 2 is 1.81 bits per heavy atom. The van der Waals surface area contributed by atoms with Crippen LogP contribution in [0.5, 0.6) is 0 Å². The minimum atomic E-state index is -0.881. The summed E-state index contributed by atoms with van der Waals surface area (Å²) >= 11 is 1.64. The van der Waals surface area contributed by atoms with Gasteiger partial charge in [-0.25, -0.2) is 9.18 Å². The molecule has 5 heteroatoms. The molecule has 1 heterocycles. The second kappa shape index (κ2) is 9.42. The molecule has 2 aromatic rings. The predicted molar refractivity (Wildman–Crippen MR) is 108 cm³/mol. The molecule has 0 fully saturated rings. The van der Waals surface area contributed by atoms with Gasteiger partial charge in [0.1, 0.15) is 11.2 Å². The fraction of sp³-hybridized carbons (Fsp3) is 0.227. The van der Waals surface area contributed by atoms with Crippen molar-refractivity contribution in [1.82, 2.24) is 4.90 Å². The van der Waals surface area contributed by atoms with E-state index in [1.807, 2.05) is 36.5 Å². The van der Waals surface area contributed by atoms with Gasteiger partial charge < -0.3 is 10.0 Å². The first kappa shape index (κ1) is 19.2. The molecule has 1 N–H and O–H groups in total. The van der Waals surface area contributed by atoms with Crippen molar-refractivity contribution in [3.63, 3.8) is 0 Å². The Bertz CT molecular complexity index is 818. The Labute approximate surface area is 163 Å². The maximum Gasteiger partial charge on any atom is 0.334 e. The van der Waals surface area contributed by atoms with E-state index in [0.29, 0.717) is 12.1 Å². The lowest BCUT2D eigenvalue weighted by Gasteiger charge is -2.33. The van der Waals surface area contributed by atoms with Crippen LogP contribution in [0.2, 0.25) is 0 Å². The van der Waals surface area contributed by atoms with E-state index >= 15 is 0 Å². The minimum Gasteiger partial charge on any atom is -0.478 e. The van der Waals surface area contributed by atoms with Crippen molar-refractivity contribution in [2.75, 3.05) is 5.75 Å². The van der Waals surface area contributed by atoms with Gasteiger partial charge in [0, 0.05) is 12.7 Å². The van der Waals surface area contributed by atoms with Gasteiger partial charge in [0.15, 0.2) is 0 Å². The first-order valence-electron chi connectivity index (χ1n) is 8.91. The molecular weight excluding hydrogens is 361 g/mol. The number of carbonyl (C=O) groups is 1. The largest absolute Gasteiger partial charge is 0.478 e. The number of aliphatic carboxylic acids is 1. The van der Waals surface area contributed by atoms with E-state index in [1.54, 1.807) is 36.0 Å². The van der Waals surface area contributed by atoms with Crippen LogP contribution in [0.4, 0.5) is 4.39 Å². The lowest BCUT2D eigenvalue weighted by molar-refractivity contribution is -0.133. The molecule has 1 atom stereocenters. The van der Waals surface area contributed by atoms with Crippen LogP contribution in [0.3, 0.4) is 0 Å². The van der Waals surface area contributed by atoms with Crippen molar-refractivity contribution in [2.24, 2.45) is 0 Å². The molecule has 1 unspecified atom stereocenters. The second-order valence-electron chi connectivity index (χ2n) is 6.38. The van der Waals surface area contributed by atoms with Crippen molar-refractivity contribution < 1.29 is 14.3 Å². The van der Waals surface area contributed by atoms with Crippen LogP contribution in [0.25, 0.3) is 0 Å². The molecule has 1 aliphatic heterocycles. The van der Waals surface area contributed by atoms with Gasteiger partial charge in [-0.05, 0) is 54.0 Å². The summed E-state index contributed by atoms with van der Waals surface area (Å²) in [6, 6.07) is 16.6. The van der Waals surface area contributed by atoms with Crippen LogP contribution in [0.1, 0.15) is 17.5 Å². The van der Waals surface area contributed by atoms with Gasteiger partial charge in [0.05, 0.1) is 5.57 Å². The van der Waals surface area contributed by atoms with Crippen LogP contribution in [-0.4, -0.2) is 27.1 Å². The molecule has 140 valence electrons. The molecule has 0 aromatic heterocycles. The number of nitrogens with zero attached hydrogens (tertiary/aromatic N) is 1. The Kier molecular flexibility index (Phi) is 6.71. The van der Waals surface area contributed by atoms with Crippen molar-refractivity contribution in [3.8, 4) is 0 Å². The molecule has 0 aliphatic carbocycles. The topological polar surface area (TPSA) is 40.5 Å². The summed E-state index contributed by atoms with van der Waals surface area (Å²) in [4.78, 5) is 13.7. The van der Waals surface area contributed by atoms with E-state index in [0.717, 1.165) is 29.7 Å². The molecule has 0 saturated carbocycles. The van der Waals surface area contributed by atoms with Crippen molar-refractivity contribution in [1.29, 1.82) is 0 Å². The summed E-state index contributed by atoms with van der Waals surface area (Å²) in [5.41, 5.74) is 2.64. The fourth-order valence-corrected chi connectivity index (χ4v) is 4.24. The van der Waals surface area contributed by atoms with Crippen LogP contribution in [-0.2, 0) is 17.8 Å². The molecule has 3 nitrogen and oxygen atoms in total. The van der Waals surface area contributed by atoms with E-state index in [4.69, 9.17) is 0 Å². The summed E-state index contributed by atoms with van der Waals surface area (Å²) in [5.74, 6) is -0.283. The SMILES string of the molecule is O=C(O)C1=CC=CN(Cc2ccccc2)C1SCCCc1ccc(F)cc1. The molecule has 2 aromatic carbocycles. The number of hydrogen-bond acceptors (Lipinski definition) is 3. The number of hydrogen-bond donors (Lipinski definition) is 1. The molecule has 0 saturated heterocycles. The van der Waals surface area contributed by atoms with Gasteiger partial charge in [0.25, 0.3) is 0 Å². The summed E-state index contributed by atoms with van der Waals surface area (Å²) in [5, 5.41) is 9.35. The van der Waals surface area contributed by atoms with Crippen LogP contribution >= 0.6 is 11.8 Å². The predicted octanol–water partition coefficient (Wildman–Crippen LogP) is 4.86. The monoisotopic (exact) mass is 383 g/mol. The summed E-state index contributed by atoms with van der Waals surface area (Å²) in [7, 11) is 0. The van der Waals surface area contributed by atoms with Crippen molar-refractivity contribution >= 4 is 17.7 Å². The van der Waals surface area contributed by atoms with Gasteiger partial charge >= 0.3 is 5.97 Å². The van der Waals surface area contributed by atoms with Gasteiger partial charge in [-0.1, -0.05) is 42.5 Å². The summed E-state index contributed by atoms with van der Waals surface area (Å²) in [6.45, 7) is 0.664.